The zero-order valence-corrected chi connectivity index (χ0v) is 13.4. The number of ether oxygens (including phenoxy) is 1. The Morgan fingerprint density at radius 2 is 2.00 bits per heavy atom. The summed E-state index contributed by atoms with van der Waals surface area (Å²) >= 11 is 12.0. The Bertz CT molecular complexity index is 827. The zero-order valence-electron chi connectivity index (χ0n) is 11.9. The van der Waals surface area contributed by atoms with Gasteiger partial charge in [0, 0.05) is 5.02 Å². The van der Waals surface area contributed by atoms with Crippen molar-refractivity contribution in [2.45, 2.75) is 13.2 Å². The van der Waals surface area contributed by atoms with Crippen LogP contribution >= 0.6 is 23.2 Å². The van der Waals surface area contributed by atoms with Crippen LogP contribution < -0.4 is 9.30 Å². The molecule has 3 rings (SSSR count). The fourth-order valence-electron chi connectivity index (χ4n) is 2.37. The van der Waals surface area contributed by atoms with Crippen molar-refractivity contribution in [3.63, 3.8) is 0 Å². The van der Waals surface area contributed by atoms with Crippen molar-refractivity contribution in [2.24, 2.45) is 0 Å². The highest BCUT2D eigenvalue weighted by Crippen LogP contribution is 2.28. The summed E-state index contributed by atoms with van der Waals surface area (Å²) in [5.74, 6) is 1.56. The average molecular weight is 334 g/mol. The first-order chi connectivity index (χ1) is 10.7. The van der Waals surface area contributed by atoms with Crippen LogP contribution in [0.1, 0.15) is 5.82 Å². The summed E-state index contributed by atoms with van der Waals surface area (Å²) in [5.41, 5.74) is 2.17. The smallest absolute Gasteiger partial charge is 0.294 e. The molecule has 0 atom stereocenters. The van der Waals surface area contributed by atoms with Crippen LogP contribution in [0, 0.1) is 0 Å². The lowest BCUT2D eigenvalue weighted by Gasteiger charge is -2.06. The number of benzene rings is 2. The molecule has 3 aromatic rings. The predicted octanol–water partition coefficient (Wildman–Crippen LogP) is 4.53. The maximum absolute atomic E-state index is 6.13. The molecule has 2 aromatic carbocycles. The van der Waals surface area contributed by atoms with Crippen LogP contribution in [-0.4, -0.2) is 4.98 Å². The number of aromatic amines is 1. The summed E-state index contributed by atoms with van der Waals surface area (Å²) in [5, 5.41) is 1.09. The summed E-state index contributed by atoms with van der Waals surface area (Å²) in [6.07, 6.45) is 1.86. The number of allylic oxidation sites excluding steroid dienone is 1. The molecule has 0 aliphatic heterocycles. The van der Waals surface area contributed by atoms with Crippen LogP contribution in [0.15, 0.2) is 55.1 Å². The van der Waals surface area contributed by atoms with E-state index in [2.05, 4.69) is 22.2 Å². The number of para-hydroxylation sites is 2. The molecule has 0 radical (unpaired) electrons. The van der Waals surface area contributed by atoms with Crippen molar-refractivity contribution in [2.75, 3.05) is 0 Å². The number of imidazole rings is 1. The summed E-state index contributed by atoms with van der Waals surface area (Å²) < 4.78 is 7.95. The molecule has 0 aliphatic carbocycles. The highest BCUT2D eigenvalue weighted by Gasteiger charge is 2.18. The maximum atomic E-state index is 6.13. The van der Waals surface area contributed by atoms with Gasteiger partial charge in [-0.1, -0.05) is 48.0 Å². The molecule has 0 spiro atoms. The molecule has 1 aromatic heterocycles. The SMILES string of the molecule is C=CC[n+]1c(COc2ccc(Cl)cc2Cl)[nH]c2ccccc21. The summed E-state index contributed by atoms with van der Waals surface area (Å²) in [6, 6.07) is 13.3. The normalized spacial score (nSPS) is 10.8. The van der Waals surface area contributed by atoms with E-state index >= 15 is 0 Å². The number of hydrogen-bond acceptors (Lipinski definition) is 1. The minimum Gasteiger partial charge on any atom is -0.479 e. The Morgan fingerprint density at radius 3 is 2.77 bits per heavy atom. The number of hydrogen-bond donors (Lipinski definition) is 1. The van der Waals surface area contributed by atoms with E-state index in [-0.39, 0.29) is 0 Å². The van der Waals surface area contributed by atoms with Gasteiger partial charge in [0.05, 0.1) is 5.02 Å². The van der Waals surface area contributed by atoms with E-state index in [1.54, 1.807) is 18.2 Å². The third-order valence-corrected chi connectivity index (χ3v) is 3.90. The molecule has 112 valence electrons. The van der Waals surface area contributed by atoms with Crippen molar-refractivity contribution in [3.05, 3.63) is 71.0 Å². The van der Waals surface area contributed by atoms with E-state index in [1.165, 1.54) is 0 Å². The largest absolute Gasteiger partial charge is 0.479 e. The van der Waals surface area contributed by atoms with Gasteiger partial charge in [-0.15, -0.1) is 0 Å². The van der Waals surface area contributed by atoms with Gasteiger partial charge < -0.3 is 4.74 Å². The topological polar surface area (TPSA) is 28.9 Å². The Labute approximate surface area is 138 Å². The van der Waals surface area contributed by atoms with Gasteiger partial charge in [0.1, 0.15) is 12.3 Å². The van der Waals surface area contributed by atoms with E-state index in [0.29, 0.717) is 28.9 Å². The third kappa shape index (κ3) is 2.96. The van der Waals surface area contributed by atoms with Gasteiger partial charge in [-0.25, -0.2) is 9.55 Å². The number of fused-ring (bicyclic) bond motifs is 1. The Hall–Kier alpha value is -1.97. The number of halogens is 2. The van der Waals surface area contributed by atoms with Gasteiger partial charge in [-0.2, -0.15) is 0 Å². The van der Waals surface area contributed by atoms with Crippen LogP contribution in [0.3, 0.4) is 0 Å². The van der Waals surface area contributed by atoms with Crippen molar-refractivity contribution in [3.8, 4) is 5.75 Å². The first kappa shape index (κ1) is 14.9. The zero-order chi connectivity index (χ0) is 15.5. The molecule has 0 saturated carbocycles. The molecular weight excluding hydrogens is 319 g/mol. The van der Waals surface area contributed by atoms with E-state index in [9.17, 15) is 0 Å². The fourth-order valence-corrected chi connectivity index (χ4v) is 2.84. The molecule has 0 saturated heterocycles. The molecule has 0 amide bonds. The number of rotatable bonds is 5. The molecule has 0 aliphatic rings. The van der Waals surface area contributed by atoms with E-state index in [1.807, 2.05) is 24.3 Å². The number of aromatic nitrogens is 2. The van der Waals surface area contributed by atoms with Crippen molar-refractivity contribution in [1.29, 1.82) is 0 Å². The number of nitrogens with one attached hydrogen (secondary N) is 1. The van der Waals surface area contributed by atoms with Gasteiger partial charge in [0.2, 0.25) is 0 Å². The van der Waals surface area contributed by atoms with E-state index in [0.717, 1.165) is 16.9 Å². The van der Waals surface area contributed by atoms with Gasteiger partial charge >= 0.3 is 0 Å². The second-order valence-electron chi connectivity index (χ2n) is 4.85. The van der Waals surface area contributed by atoms with Crippen LogP contribution in [0.25, 0.3) is 11.0 Å². The second-order valence-corrected chi connectivity index (χ2v) is 5.70. The predicted molar refractivity (Wildman–Crippen MR) is 89.5 cm³/mol. The van der Waals surface area contributed by atoms with Crippen molar-refractivity contribution in [1.82, 2.24) is 4.98 Å². The lowest BCUT2D eigenvalue weighted by molar-refractivity contribution is -0.670. The lowest BCUT2D eigenvalue weighted by Crippen LogP contribution is -2.36. The molecule has 3 nitrogen and oxygen atoms in total. The minimum absolute atomic E-state index is 0.379. The molecule has 1 heterocycles. The van der Waals surface area contributed by atoms with E-state index in [4.69, 9.17) is 27.9 Å². The summed E-state index contributed by atoms with van der Waals surface area (Å²) in [7, 11) is 0. The Balaban J connectivity index is 1.89. The maximum Gasteiger partial charge on any atom is 0.294 e. The first-order valence-corrected chi connectivity index (χ1v) is 7.63. The quantitative estimate of drug-likeness (QED) is 0.539. The van der Waals surface area contributed by atoms with Crippen molar-refractivity contribution < 1.29 is 9.30 Å². The fraction of sp³-hybridized carbons (Fsp3) is 0.118. The first-order valence-electron chi connectivity index (χ1n) is 6.87. The third-order valence-electron chi connectivity index (χ3n) is 3.37. The van der Waals surface area contributed by atoms with Crippen molar-refractivity contribution >= 4 is 34.2 Å². The Kier molecular flexibility index (Phi) is 4.36. The Morgan fingerprint density at radius 1 is 1.18 bits per heavy atom. The molecule has 5 heteroatoms. The molecule has 0 unspecified atom stereocenters. The highest BCUT2D eigenvalue weighted by atomic mass is 35.5. The molecule has 22 heavy (non-hydrogen) atoms. The van der Waals surface area contributed by atoms with Gasteiger partial charge in [-0.05, 0) is 30.3 Å². The van der Waals surface area contributed by atoms with E-state index < -0.39 is 0 Å². The average Bonchev–Trinajstić information content (AvgIpc) is 2.85. The highest BCUT2D eigenvalue weighted by molar-refractivity contribution is 6.35. The van der Waals surface area contributed by atoms with Gasteiger partial charge in [0.15, 0.2) is 17.6 Å². The molecule has 0 fully saturated rings. The molecule has 1 N–H and O–H groups in total. The summed E-state index contributed by atoms with van der Waals surface area (Å²) in [6.45, 7) is 4.90. The van der Waals surface area contributed by atoms with Crippen LogP contribution in [0.2, 0.25) is 10.0 Å². The molecule has 0 bridgehead atoms. The molecular formula is C17H15Cl2N2O+. The van der Waals surface area contributed by atoms with Gasteiger partial charge in [0.25, 0.3) is 5.82 Å². The van der Waals surface area contributed by atoms with Crippen LogP contribution in [0.5, 0.6) is 5.75 Å². The second kappa shape index (κ2) is 6.42. The van der Waals surface area contributed by atoms with Gasteiger partial charge in [-0.3, -0.25) is 0 Å². The van der Waals surface area contributed by atoms with Crippen LogP contribution in [-0.2, 0) is 13.2 Å². The van der Waals surface area contributed by atoms with Crippen LogP contribution in [0.4, 0.5) is 0 Å². The monoisotopic (exact) mass is 333 g/mol. The summed E-state index contributed by atoms with van der Waals surface area (Å²) in [4.78, 5) is 3.37. The minimum atomic E-state index is 0.379. The standard InChI is InChI=1S/C17H14Cl2N2O/c1-2-9-21-15-6-4-3-5-14(15)20-17(21)11-22-16-8-7-12(18)10-13(16)19/h2-8,10H,1,9,11H2/p+1. The number of H-pyrrole nitrogens is 1. The number of nitrogens with zero attached hydrogens (tertiary/aromatic N) is 1. The lowest BCUT2D eigenvalue weighted by atomic mass is 10.3.